The number of rotatable bonds is 4. The predicted molar refractivity (Wildman–Crippen MR) is 53.2 cm³/mol. The minimum Gasteiger partial charge on any atom is -0.371 e. The average Bonchev–Trinajstić information content (AvgIpc) is 2.20. The van der Waals surface area contributed by atoms with Crippen LogP contribution in [-0.4, -0.2) is 11.9 Å². The molecule has 1 amide bonds. The molecule has 0 heterocycles. The zero-order chi connectivity index (χ0) is 12.3. The van der Waals surface area contributed by atoms with Crippen molar-refractivity contribution < 1.29 is 18.0 Å². The van der Waals surface area contributed by atoms with Crippen LogP contribution in [0.25, 0.3) is 0 Å². The van der Waals surface area contributed by atoms with Crippen LogP contribution in [0.1, 0.15) is 13.3 Å². The van der Waals surface area contributed by atoms with E-state index in [2.05, 4.69) is 5.32 Å². The monoisotopic (exact) mass is 232 g/mol. The van der Waals surface area contributed by atoms with E-state index in [1.807, 2.05) is 0 Å². The van der Waals surface area contributed by atoms with Gasteiger partial charge in [0.25, 0.3) is 0 Å². The van der Waals surface area contributed by atoms with Gasteiger partial charge in [-0.15, -0.1) is 0 Å². The van der Waals surface area contributed by atoms with Gasteiger partial charge in [0.15, 0.2) is 11.6 Å². The molecule has 0 aliphatic heterocycles. The number of halogens is 3. The van der Waals surface area contributed by atoms with E-state index in [1.54, 1.807) is 6.92 Å². The molecule has 0 fully saturated rings. The second-order valence-electron chi connectivity index (χ2n) is 3.26. The van der Waals surface area contributed by atoms with Crippen molar-refractivity contribution >= 4 is 11.6 Å². The van der Waals surface area contributed by atoms with Crippen molar-refractivity contribution in [1.82, 2.24) is 0 Å². The van der Waals surface area contributed by atoms with E-state index in [9.17, 15) is 18.0 Å². The molecule has 88 valence electrons. The maximum Gasteiger partial charge on any atom is 0.239 e. The lowest BCUT2D eigenvalue weighted by molar-refractivity contribution is -0.118. The van der Waals surface area contributed by atoms with Crippen LogP contribution in [0.4, 0.5) is 18.9 Å². The highest BCUT2D eigenvalue weighted by molar-refractivity contribution is 5.82. The number of benzene rings is 1. The van der Waals surface area contributed by atoms with Gasteiger partial charge in [-0.05, 0) is 6.42 Å². The summed E-state index contributed by atoms with van der Waals surface area (Å²) in [4.78, 5) is 10.9. The van der Waals surface area contributed by atoms with Gasteiger partial charge in [0.2, 0.25) is 5.91 Å². The van der Waals surface area contributed by atoms with E-state index < -0.39 is 35.1 Å². The predicted octanol–water partition coefficient (Wildman–Crippen LogP) is 1.78. The number of nitrogens with two attached hydrogens (primary N) is 1. The Morgan fingerprint density at radius 2 is 2.06 bits per heavy atom. The number of nitrogens with one attached hydrogen (secondary N) is 1. The fraction of sp³-hybridized carbons (Fsp3) is 0.300. The van der Waals surface area contributed by atoms with Crippen LogP contribution in [0, 0.1) is 17.5 Å². The Balaban J connectivity index is 3.00. The number of carbonyl (C=O) groups excluding carboxylic acids is 1. The Hall–Kier alpha value is -1.72. The Morgan fingerprint density at radius 3 is 2.56 bits per heavy atom. The third-order valence-corrected chi connectivity index (χ3v) is 2.07. The van der Waals surface area contributed by atoms with E-state index >= 15 is 0 Å². The van der Waals surface area contributed by atoms with Gasteiger partial charge in [0.1, 0.15) is 11.9 Å². The molecule has 1 unspecified atom stereocenters. The van der Waals surface area contributed by atoms with Crippen LogP contribution in [0.2, 0.25) is 0 Å². The molecule has 0 aromatic heterocycles. The summed E-state index contributed by atoms with van der Waals surface area (Å²) >= 11 is 0. The quantitative estimate of drug-likeness (QED) is 0.777. The van der Waals surface area contributed by atoms with Crippen molar-refractivity contribution in [3.05, 3.63) is 29.6 Å². The number of carbonyl (C=O) groups is 1. The highest BCUT2D eigenvalue weighted by atomic mass is 19.2. The molecule has 1 aromatic rings. The van der Waals surface area contributed by atoms with E-state index in [1.165, 1.54) is 0 Å². The van der Waals surface area contributed by atoms with Crippen LogP contribution in [0.5, 0.6) is 0 Å². The molecular weight excluding hydrogens is 221 g/mol. The summed E-state index contributed by atoms with van der Waals surface area (Å²) in [6.45, 7) is 1.63. The third kappa shape index (κ3) is 2.65. The summed E-state index contributed by atoms with van der Waals surface area (Å²) in [5, 5.41) is 2.35. The number of anilines is 1. The number of primary amides is 1. The molecule has 3 N–H and O–H groups in total. The highest BCUT2D eigenvalue weighted by Gasteiger charge is 2.17. The summed E-state index contributed by atoms with van der Waals surface area (Å²) < 4.78 is 38.8. The standard InChI is InChI=1S/C10H11F3N2O/c1-2-7(10(14)16)15-8-4-5(11)3-6(12)9(8)13/h3-4,7,15H,2H2,1H3,(H2,14,16). The smallest absolute Gasteiger partial charge is 0.239 e. The van der Waals surface area contributed by atoms with Gasteiger partial charge in [-0.3, -0.25) is 4.79 Å². The lowest BCUT2D eigenvalue weighted by Crippen LogP contribution is -2.35. The van der Waals surface area contributed by atoms with Crippen molar-refractivity contribution in [2.24, 2.45) is 5.73 Å². The average molecular weight is 232 g/mol. The Labute approximate surface area is 90.4 Å². The van der Waals surface area contributed by atoms with Crippen LogP contribution in [0.3, 0.4) is 0 Å². The first-order valence-electron chi connectivity index (χ1n) is 4.66. The van der Waals surface area contributed by atoms with Gasteiger partial charge in [-0.2, -0.15) is 0 Å². The largest absolute Gasteiger partial charge is 0.371 e. The molecule has 0 saturated heterocycles. The number of hydrogen-bond acceptors (Lipinski definition) is 2. The van der Waals surface area contributed by atoms with Crippen molar-refractivity contribution in [1.29, 1.82) is 0 Å². The summed E-state index contributed by atoms with van der Waals surface area (Å²) in [7, 11) is 0. The van der Waals surface area contributed by atoms with Gasteiger partial charge in [-0.1, -0.05) is 6.92 Å². The topological polar surface area (TPSA) is 55.1 Å². The van der Waals surface area contributed by atoms with Crippen LogP contribution < -0.4 is 11.1 Å². The molecule has 16 heavy (non-hydrogen) atoms. The Kier molecular flexibility index (Phi) is 3.76. The molecule has 0 spiro atoms. The van der Waals surface area contributed by atoms with Crippen molar-refractivity contribution in [3.8, 4) is 0 Å². The summed E-state index contributed by atoms with van der Waals surface area (Å²) in [5.41, 5.74) is 4.60. The van der Waals surface area contributed by atoms with Gasteiger partial charge < -0.3 is 11.1 Å². The number of hydrogen-bond donors (Lipinski definition) is 2. The second-order valence-corrected chi connectivity index (χ2v) is 3.26. The van der Waals surface area contributed by atoms with Crippen molar-refractivity contribution in [2.75, 3.05) is 5.32 Å². The molecular formula is C10H11F3N2O. The Morgan fingerprint density at radius 1 is 1.44 bits per heavy atom. The molecule has 0 saturated carbocycles. The van der Waals surface area contributed by atoms with Gasteiger partial charge in [-0.25, -0.2) is 13.2 Å². The van der Waals surface area contributed by atoms with Crippen molar-refractivity contribution in [3.63, 3.8) is 0 Å². The molecule has 0 aliphatic carbocycles. The molecule has 0 bridgehead atoms. The number of amides is 1. The molecule has 1 aromatic carbocycles. The van der Waals surface area contributed by atoms with E-state index in [-0.39, 0.29) is 6.42 Å². The normalized spacial score (nSPS) is 12.2. The zero-order valence-electron chi connectivity index (χ0n) is 8.56. The van der Waals surface area contributed by atoms with Crippen LogP contribution in [0.15, 0.2) is 12.1 Å². The molecule has 0 aliphatic rings. The van der Waals surface area contributed by atoms with Crippen LogP contribution >= 0.6 is 0 Å². The van der Waals surface area contributed by atoms with Crippen molar-refractivity contribution in [2.45, 2.75) is 19.4 Å². The minimum absolute atomic E-state index is 0.285. The fourth-order valence-corrected chi connectivity index (χ4v) is 1.22. The van der Waals surface area contributed by atoms with E-state index in [0.29, 0.717) is 6.07 Å². The summed E-state index contributed by atoms with van der Waals surface area (Å²) in [6, 6.07) is 0.325. The first kappa shape index (κ1) is 12.4. The van der Waals surface area contributed by atoms with Gasteiger partial charge in [0.05, 0.1) is 5.69 Å². The maximum atomic E-state index is 13.2. The lowest BCUT2D eigenvalue weighted by Gasteiger charge is -2.15. The lowest BCUT2D eigenvalue weighted by atomic mass is 10.2. The summed E-state index contributed by atoms with van der Waals surface area (Å²) in [5.74, 6) is -4.20. The maximum absolute atomic E-state index is 13.2. The zero-order valence-corrected chi connectivity index (χ0v) is 8.56. The summed E-state index contributed by atoms with van der Waals surface area (Å²) in [6.07, 6.45) is 0.285. The second kappa shape index (κ2) is 4.87. The van der Waals surface area contributed by atoms with Gasteiger partial charge in [0, 0.05) is 12.1 Å². The third-order valence-electron chi connectivity index (χ3n) is 2.07. The molecule has 3 nitrogen and oxygen atoms in total. The van der Waals surface area contributed by atoms with E-state index in [4.69, 9.17) is 5.73 Å². The minimum atomic E-state index is -1.32. The molecule has 6 heteroatoms. The first-order chi connectivity index (χ1) is 7.45. The van der Waals surface area contributed by atoms with Gasteiger partial charge >= 0.3 is 0 Å². The highest BCUT2D eigenvalue weighted by Crippen LogP contribution is 2.20. The SMILES string of the molecule is CCC(Nc1cc(F)cc(F)c1F)C(N)=O. The Bertz CT molecular complexity index is 409. The van der Waals surface area contributed by atoms with Crippen LogP contribution in [-0.2, 0) is 4.79 Å². The molecule has 1 atom stereocenters. The molecule has 0 radical (unpaired) electrons. The fourth-order valence-electron chi connectivity index (χ4n) is 1.22. The first-order valence-corrected chi connectivity index (χ1v) is 4.66. The molecule has 1 rings (SSSR count). The van der Waals surface area contributed by atoms with E-state index in [0.717, 1.165) is 6.07 Å².